The van der Waals surface area contributed by atoms with Crippen LogP contribution in [0.2, 0.25) is 0 Å². The van der Waals surface area contributed by atoms with E-state index in [1.807, 2.05) is 0 Å². The molecule has 2 nitrogen and oxygen atoms in total. The molecule has 18 heavy (non-hydrogen) atoms. The molecular formula is C16H22N2. The monoisotopic (exact) mass is 242 g/mol. The third kappa shape index (κ3) is 3.34. The molecule has 0 atom stereocenters. The van der Waals surface area contributed by atoms with Crippen molar-refractivity contribution in [2.24, 2.45) is 5.92 Å². The first-order valence-electron chi connectivity index (χ1n) is 7.01. The molecule has 0 spiro atoms. The molecule has 0 aliphatic heterocycles. The van der Waals surface area contributed by atoms with Gasteiger partial charge in [-0.3, -0.25) is 4.90 Å². The van der Waals surface area contributed by atoms with Gasteiger partial charge in [-0.05, 0) is 37.8 Å². The lowest BCUT2D eigenvalue weighted by Gasteiger charge is -2.34. The summed E-state index contributed by atoms with van der Waals surface area (Å²) in [5.41, 5.74) is 1.39. The van der Waals surface area contributed by atoms with Gasteiger partial charge in [0, 0.05) is 18.5 Å². The van der Waals surface area contributed by atoms with Crippen LogP contribution < -0.4 is 0 Å². The third-order valence-corrected chi connectivity index (χ3v) is 4.03. The molecule has 1 aliphatic rings. The Morgan fingerprint density at radius 1 is 1.17 bits per heavy atom. The number of benzene rings is 1. The Hall–Kier alpha value is -1.33. The summed E-state index contributed by atoms with van der Waals surface area (Å²) in [7, 11) is 0. The summed E-state index contributed by atoms with van der Waals surface area (Å²) in [5, 5.41) is 8.94. The molecule has 2 rings (SSSR count). The highest BCUT2D eigenvalue weighted by Gasteiger charge is 2.24. The van der Waals surface area contributed by atoms with Crippen molar-refractivity contribution < 1.29 is 0 Å². The molecule has 0 aromatic heterocycles. The molecule has 0 heterocycles. The van der Waals surface area contributed by atoms with Crippen molar-refractivity contribution in [1.82, 2.24) is 4.90 Å². The Bertz CT molecular complexity index is 385. The van der Waals surface area contributed by atoms with Gasteiger partial charge in [-0.25, -0.2) is 0 Å². The number of rotatable bonds is 4. The third-order valence-electron chi connectivity index (χ3n) is 4.03. The maximum atomic E-state index is 8.94. The molecular weight excluding hydrogens is 220 g/mol. The molecule has 2 heteroatoms. The zero-order valence-electron chi connectivity index (χ0n) is 11.2. The van der Waals surface area contributed by atoms with Gasteiger partial charge in [0.05, 0.1) is 6.07 Å². The molecule has 0 bridgehead atoms. The van der Waals surface area contributed by atoms with Crippen LogP contribution in [0.1, 0.15) is 38.2 Å². The Kier molecular flexibility index (Phi) is 4.78. The fourth-order valence-corrected chi connectivity index (χ4v) is 2.89. The highest BCUT2D eigenvalue weighted by Crippen LogP contribution is 2.27. The molecule has 0 unspecified atom stereocenters. The molecule has 1 aromatic carbocycles. The van der Waals surface area contributed by atoms with E-state index in [0.29, 0.717) is 12.0 Å². The SMILES string of the molecule is CCN(Cc1ccccc1)C1CCC(C#N)CC1. The van der Waals surface area contributed by atoms with E-state index in [-0.39, 0.29) is 0 Å². The second kappa shape index (κ2) is 6.56. The van der Waals surface area contributed by atoms with Crippen LogP contribution in [0.15, 0.2) is 30.3 Å². The molecule has 96 valence electrons. The largest absolute Gasteiger partial charge is 0.296 e. The van der Waals surface area contributed by atoms with Gasteiger partial charge in [-0.2, -0.15) is 5.26 Å². The van der Waals surface area contributed by atoms with Gasteiger partial charge >= 0.3 is 0 Å². The van der Waals surface area contributed by atoms with Crippen molar-refractivity contribution in [2.75, 3.05) is 6.54 Å². The predicted octanol–water partition coefficient (Wildman–Crippen LogP) is 3.59. The maximum absolute atomic E-state index is 8.94. The topological polar surface area (TPSA) is 27.0 Å². The van der Waals surface area contributed by atoms with Gasteiger partial charge in [0.2, 0.25) is 0 Å². The van der Waals surface area contributed by atoms with E-state index in [1.54, 1.807) is 0 Å². The zero-order chi connectivity index (χ0) is 12.8. The van der Waals surface area contributed by atoms with E-state index in [4.69, 9.17) is 5.26 Å². The Labute approximate surface area is 110 Å². The highest BCUT2D eigenvalue weighted by molar-refractivity contribution is 5.14. The Morgan fingerprint density at radius 3 is 2.39 bits per heavy atom. The minimum Gasteiger partial charge on any atom is -0.296 e. The summed E-state index contributed by atoms with van der Waals surface area (Å²) in [6, 6.07) is 13.8. The summed E-state index contributed by atoms with van der Waals surface area (Å²) in [5.74, 6) is 0.302. The fraction of sp³-hybridized carbons (Fsp3) is 0.562. The Morgan fingerprint density at radius 2 is 1.83 bits per heavy atom. The fourth-order valence-electron chi connectivity index (χ4n) is 2.89. The van der Waals surface area contributed by atoms with Gasteiger partial charge in [0.15, 0.2) is 0 Å². The minimum absolute atomic E-state index is 0.302. The number of hydrogen-bond donors (Lipinski definition) is 0. The summed E-state index contributed by atoms with van der Waals surface area (Å²) >= 11 is 0. The summed E-state index contributed by atoms with van der Waals surface area (Å²) < 4.78 is 0. The minimum atomic E-state index is 0.302. The predicted molar refractivity (Wildman–Crippen MR) is 73.9 cm³/mol. The van der Waals surface area contributed by atoms with E-state index in [9.17, 15) is 0 Å². The van der Waals surface area contributed by atoms with Crippen molar-refractivity contribution in [2.45, 2.75) is 45.2 Å². The molecule has 0 saturated heterocycles. The second-order valence-electron chi connectivity index (χ2n) is 5.18. The zero-order valence-corrected chi connectivity index (χ0v) is 11.2. The molecule has 0 radical (unpaired) electrons. The van der Waals surface area contributed by atoms with Crippen LogP contribution in [-0.4, -0.2) is 17.5 Å². The number of nitrogens with zero attached hydrogens (tertiary/aromatic N) is 2. The molecule has 0 N–H and O–H groups in total. The smallest absolute Gasteiger partial charge is 0.0655 e. The quantitative estimate of drug-likeness (QED) is 0.806. The van der Waals surface area contributed by atoms with Crippen LogP contribution in [0.3, 0.4) is 0 Å². The van der Waals surface area contributed by atoms with Crippen LogP contribution in [0, 0.1) is 17.2 Å². The van der Waals surface area contributed by atoms with Gasteiger partial charge in [0.1, 0.15) is 0 Å². The maximum Gasteiger partial charge on any atom is 0.0655 e. The van der Waals surface area contributed by atoms with Crippen molar-refractivity contribution in [3.8, 4) is 6.07 Å². The van der Waals surface area contributed by atoms with Gasteiger partial charge < -0.3 is 0 Å². The first-order valence-corrected chi connectivity index (χ1v) is 7.01. The molecule has 1 saturated carbocycles. The average Bonchev–Trinajstić information content (AvgIpc) is 2.46. The number of nitriles is 1. The van der Waals surface area contributed by atoms with Gasteiger partial charge in [-0.15, -0.1) is 0 Å². The van der Waals surface area contributed by atoms with Crippen LogP contribution in [-0.2, 0) is 6.54 Å². The Balaban J connectivity index is 1.92. The van der Waals surface area contributed by atoms with E-state index in [2.05, 4.69) is 48.2 Å². The second-order valence-corrected chi connectivity index (χ2v) is 5.18. The summed E-state index contributed by atoms with van der Waals surface area (Å²) in [6.07, 6.45) is 4.51. The average molecular weight is 242 g/mol. The van der Waals surface area contributed by atoms with Gasteiger partial charge in [-0.1, -0.05) is 37.3 Å². The molecule has 1 aromatic rings. The van der Waals surface area contributed by atoms with Crippen LogP contribution in [0.5, 0.6) is 0 Å². The number of hydrogen-bond acceptors (Lipinski definition) is 2. The van der Waals surface area contributed by atoms with Crippen LogP contribution in [0.4, 0.5) is 0 Å². The summed E-state index contributed by atoms with van der Waals surface area (Å²) in [6.45, 7) is 4.37. The highest BCUT2D eigenvalue weighted by atomic mass is 15.1. The molecule has 1 aliphatic carbocycles. The van der Waals surface area contributed by atoms with Gasteiger partial charge in [0.25, 0.3) is 0 Å². The van der Waals surface area contributed by atoms with Crippen molar-refractivity contribution in [3.05, 3.63) is 35.9 Å². The van der Waals surface area contributed by atoms with E-state index in [0.717, 1.165) is 25.9 Å². The van der Waals surface area contributed by atoms with E-state index in [1.165, 1.54) is 18.4 Å². The van der Waals surface area contributed by atoms with Crippen molar-refractivity contribution >= 4 is 0 Å². The van der Waals surface area contributed by atoms with E-state index < -0.39 is 0 Å². The van der Waals surface area contributed by atoms with Crippen LogP contribution in [0.25, 0.3) is 0 Å². The first-order chi connectivity index (χ1) is 8.83. The summed E-state index contributed by atoms with van der Waals surface area (Å²) in [4.78, 5) is 2.56. The first kappa shape index (κ1) is 13.1. The molecule has 0 amide bonds. The standard InChI is InChI=1S/C16H22N2/c1-2-18(13-15-6-4-3-5-7-15)16-10-8-14(12-17)9-11-16/h3-7,14,16H,2,8-11,13H2,1H3. The lowest BCUT2D eigenvalue weighted by Crippen LogP contribution is -2.37. The van der Waals surface area contributed by atoms with Crippen molar-refractivity contribution in [1.29, 1.82) is 5.26 Å². The lowest BCUT2D eigenvalue weighted by molar-refractivity contribution is 0.145. The normalized spacial score (nSPS) is 23.8. The van der Waals surface area contributed by atoms with Crippen molar-refractivity contribution in [3.63, 3.8) is 0 Å². The van der Waals surface area contributed by atoms with Crippen LogP contribution >= 0.6 is 0 Å². The molecule has 1 fully saturated rings. The lowest BCUT2D eigenvalue weighted by atomic mass is 9.86. The van der Waals surface area contributed by atoms with E-state index >= 15 is 0 Å².